The molecule has 1 rings (SSSR count). The summed E-state index contributed by atoms with van der Waals surface area (Å²) in [7, 11) is 0. The zero-order chi connectivity index (χ0) is 6.69. The van der Waals surface area contributed by atoms with Crippen LogP contribution < -0.4 is 0 Å². The van der Waals surface area contributed by atoms with Crippen molar-refractivity contribution in [2.45, 2.75) is 45.8 Å². The van der Waals surface area contributed by atoms with Gasteiger partial charge in [0.25, 0.3) is 0 Å². The molecule has 0 amide bonds. The Labute approximate surface area is 63.2 Å². The SMILES string of the molecule is C.CCCCC1OCC1O. The summed E-state index contributed by atoms with van der Waals surface area (Å²) in [4.78, 5) is 0. The van der Waals surface area contributed by atoms with Gasteiger partial charge in [0.2, 0.25) is 0 Å². The molecule has 1 fully saturated rings. The molecule has 0 aliphatic carbocycles. The Morgan fingerprint density at radius 3 is 2.60 bits per heavy atom. The molecule has 2 unspecified atom stereocenters. The molecule has 0 aromatic heterocycles. The van der Waals surface area contributed by atoms with Gasteiger partial charge in [-0.15, -0.1) is 0 Å². The summed E-state index contributed by atoms with van der Waals surface area (Å²) >= 11 is 0. The molecular formula is C8H18O2. The third-order valence-electron chi connectivity index (χ3n) is 1.75. The summed E-state index contributed by atoms with van der Waals surface area (Å²) in [6.45, 7) is 2.69. The Kier molecular flexibility index (Phi) is 4.65. The molecular weight excluding hydrogens is 128 g/mol. The highest BCUT2D eigenvalue weighted by Crippen LogP contribution is 2.17. The molecule has 2 atom stereocenters. The van der Waals surface area contributed by atoms with Crippen molar-refractivity contribution < 1.29 is 9.84 Å². The molecule has 10 heavy (non-hydrogen) atoms. The van der Waals surface area contributed by atoms with Crippen LogP contribution >= 0.6 is 0 Å². The summed E-state index contributed by atoms with van der Waals surface area (Å²) in [6.07, 6.45) is 3.37. The number of ether oxygens (including phenoxy) is 1. The fourth-order valence-corrected chi connectivity index (χ4v) is 0.999. The second-order valence-electron chi connectivity index (χ2n) is 2.58. The number of aliphatic hydroxyl groups excluding tert-OH is 1. The normalized spacial score (nSPS) is 30.6. The van der Waals surface area contributed by atoms with Gasteiger partial charge < -0.3 is 9.84 Å². The maximum atomic E-state index is 9.01. The van der Waals surface area contributed by atoms with Crippen LogP contribution in [0.25, 0.3) is 0 Å². The Balaban J connectivity index is 0.000000810. The molecule has 62 valence electrons. The highest BCUT2D eigenvalue weighted by atomic mass is 16.5. The monoisotopic (exact) mass is 146 g/mol. The fraction of sp³-hybridized carbons (Fsp3) is 1.00. The molecule has 2 nitrogen and oxygen atoms in total. The second kappa shape index (κ2) is 4.69. The molecule has 0 saturated carbocycles. The molecule has 2 heteroatoms. The smallest absolute Gasteiger partial charge is 0.103 e. The lowest BCUT2D eigenvalue weighted by Gasteiger charge is -2.32. The van der Waals surface area contributed by atoms with E-state index in [0.717, 1.165) is 6.42 Å². The fourth-order valence-electron chi connectivity index (χ4n) is 0.999. The third kappa shape index (κ3) is 2.27. The lowest BCUT2D eigenvalue weighted by molar-refractivity contribution is -0.164. The lowest BCUT2D eigenvalue weighted by Crippen LogP contribution is -2.44. The highest BCUT2D eigenvalue weighted by molar-refractivity contribution is 4.76. The molecule has 0 aromatic rings. The lowest BCUT2D eigenvalue weighted by atomic mass is 10.0. The van der Waals surface area contributed by atoms with Gasteiger partial charge in [-0.1, -0.05) is 27.2 Å². The zero-order valence-electron chi connectivity index (χ0n) is 5.84. The van der Waals surface area contributed by atoms with E-state index in [9.17, 15) is 0 Å². The average Bonchev–Trinajstić information content (AvgIpc) is 1.86. The first-order valence-electron chi connectivity index (χ1n) is 3.64. The van der Waals surface area contributed by atoms with Crippen LogP contribution in [0.4, 0.5) is 0 Å². The van der Waals surface area contributed by atoms with Crippen molar-refractivity contribution in [2.75, 3.05) is 6.61 Å². The van der Waals surface area contributed by atoms with Crippen molar-refractivity contribution in [1.29, 1.82) is 0 Å². The van der Waals surface area contributed by atoms with E-state index in [1.807, 2.05) is 0 Å². The Bertz CT molecular complexity index is 83.3. The molecule has 1 heterocycles. The van der Waals surface area contributed by atoms with Crippen LogP contribution in [-0.4, -0.2) is 23.9 Å². The van der Waals surface area contributed by atoms with Gasteiger partial charge in [0.05, 0.1) is 12.7 Å². The maximum absolute atomic E-state index is 9.01. The number of hydrogen-bond acceptors (Lipinski definition) is 2. The molecule has 0 spiro atoms. The van der Waals surface area contributed by atoms with Gasteiger partial charge in [0, 0.05) is 0 Å². The van der Waals surface area contributed by atoms with Crippen LogP contribution in [0, 0.1) is 0 Å². The highest BCUT2D eigenvalue weighted by Gasteiger charge is 2.28. The predicted octanol–water partition coefficient (Wildman–Crippen LogP) is 1.57. The first-order valence-corrected chi connectivity index (χ1v) is 3.64. The van der Waals surface area contributed by atoms with Crippen molar-refractivity contribution in [3.63, 3.8) is 0 Å². The van der Waals surface area contributed by atoms with Crippen molar-refractivity contribution in [3.05, 3.63) is 0 Å². The number of hydrogen-bond donors (Lipinski definition) is 1. The maximum Gasteiger partial charge on any atom is 0.103 e. The van der Waals surface area contributed by atoms with Crippen LogP contribution in [0.5, 0.6) is 0 Å². The summed E-state index contributed by atoms with van der Waals surface area (Å²) in [5.41, 5.74) is 0. The van der Waals surface area contributed by atoms with Crippen LogP contribution in [0.3, 0.4) is 0 Å². The largest absolute Gasteiger partial charge is 0.388 e. The first kappa shape index (κ1) is 9.92. The Morgan fingerprint density at radius 2 is 2.30 bits per heavy atom. The molecule has 0 aromatic carbocycles. The predicted molar refractivity (Wildman–Crippen MR) is 42.0 cm³/mol. The van der Waals surface area contributed by atoms with Crippen LogP contribution in [0.2, 0.25) is 0 Å². The zero-order valence-corrected chi connectivity index (χ0v) is 5.84. The Morgan fingerprint density at radius 1 is 1.60 bits per heavy atom. The quantitative estimate of drug-likeness (QED) is 0.655. The summed E-state index contributed by atoms with van der Waals surface area (Å²) in [5.74, 6) is 0. The second-order valence-corrected chi connectivity index (χ2v) is 2.58. The van der Waals surface area contributed by atoms with Crippen molar-refractivity contribution in [1.82, 2.24) is 0 Å². The Hall–Kier alpha value is -0.0800. The van der Waals surface area contributed by atoms with Crippen LogP contribution in [0.1, 0.15) is 33.6 Å². The number of aliphatic hydroxyl groups is 1. The molecule has 1 N–H and O–H groups in total. The molecule has 1 aliphatic heterocycles. The van der Waals surface area contributed by atoms with E-state index in [-0.39, 0.29) is 19.6 Å². The minimum absolute atomic E-state index is 0. The molecule has 0 radical (unpaired) electrons. The van der Waals surface area contributed by atoms with E-state index in [0.29, 0.717) is 6.61 Å². The van der Waals surface area contributed by atoms with Gasteiger partial charge in [-0.2, -0.15) is 0 Å². The molecule has 1 saturated heterocycles. The van der Waals surface area contributed by atoms with E-state index < -0.39 is 0 Å². The standard InChI is InChI=1S/C7H14O2.CH4/c1-2-3-4-7-6(8)5-9-7;/h6-8H,2-5H2,1H3;1H4. The summed E-state index contributed by atoms with van der Waals surface area (Å²) < 4.78 is 5.10. The van der Waals surface area contributed by atoms with E-state index in [2.05, 4.69) is 6.92 Å². The van der Waals surface area contributed by atoms with Crippen molar-refractivity contribution in [3.8, 4) is 0 Å². The van der Waals surface area contributed by atoms with Gasteiger partial charge in [-0.05, 0) is 6.42 Å². The summed E-state index contributed by atoms with van der Waals surface area (Å²) in [6, 6.07) is 0. The third-order valence-corrected chi connectivity index (χ3v) is 1.75. The molecule has 1 aliphatic rings. The van der Waals surface area contributed by atoms with Gasteiger partial charge in [0.15, 0.2) is 0 Å². The van der Waals surface area contributed by atoms with Gasteiger partial charge in [-0.3, -0.25) is 0 Å². The van der Waals surface area contributed by atoms with Gasteiger partial charge in [0.1, 0.15) is 6.10 Å². The minimum atomic E-state index is -0.170. The van der Waals surface area contributed by atoms with Crippen LogP contribution in [-0.2, 0) is 4.74 Å². The van der Waals surface area contributed by atoms with Crippen LogP contribution in [0.15, 0.2) is 0 Å². The van der Waals surface area contributed by atoms with E-state index in [1.54, 1.807) is 0 Å². The van der Waals surface area contributed by atoms with Gasteiger partial charge in [-0.25, -0.2) is 0 Å². The number of unbranched alkanes of at least 4 members (excludes halogenated alkanes) is 1. The average molecular weight is 146 g/mol. The van der Waals surface area contributed by atoms with E-state index in [4.69, 9.17) is 9.84 Å². The topological polar surface area (TPSA) is 29.5 Å². The molecule has 0 bridgehead atoms. The minimum Gasteiger partial charge on any atom is -0.388 e. The van der Waals surface area contributed by atoms with Crippen molar-refractivity contribution >= 4 is 0 Å². The first-order chi connectivity index (χ1) is 4.34. The van der Waals surface area contributed by atoms with E-state index >= 15 is 0 Å². The number of rotatable bonds is 3. The van der Waals surface area contributed by atoms with Gasteiger partial charge >= 0.3 is 0 Å². The summed E-state index contributed by atoms with van der Waals surface area (Å²) in [5, 5.41) is 9.01. The van der Waals surface area contributed by atoms with E-state index in [1.165, 1.54) is 12.8 Å². The van der Waals surface area contributed by atoms with Crippen molar-refractivity contribution in [2.24, 2.45) is 0 Å².